The first-order valence-corrected chi connectivity index (χ1v) is 10.5. The van der Waals surface area contributed by atoms with Crippen LogP contribution in [-0.2, 0) is 20.5 Å². The van der Waals surface area contributed by atoms with Crippen molar-refractivity contribution in [2.24, 2.45) is 4.40 Å². The molecule has 1 atom stereocenters. The smallest absolute Gasteiger partial charge is 0.288 e. The number of sulfonamides is 1. The van der Waals surface area contributed by atoms with Crippen molar-refractivity contribution >= 4 is 39.1 Å². The molecule has 1 unspecified atom stereocenters. The fourth-order valence-electron chi connectivity index (χ4n) is 2.94. The van der Waals surface area contributed by atoms with Crippen LogP contribution in [0.3, 0.4) is 0 Å². The zero-order chi connectivity index (χ0) is 21.4. The monoisotopic (exact) mass is 448 g/mol. The molecule has 2 heterocycles. The average Bonchev–Trinajstić information content (AvgIpc) is 3.28. The van der Waals surface area contributed by atoms with Gasteiger partial charge in [0.1, 0.15) is 11.2 Å². The molecule has 1 aliphatic rings. The number of carbonyl (C=O) groups is 1. The van der Waals surface area contributed by atoms with Gasteiger partial charge in [-0.3, -0.25) is 4.79 Å². The van der Waals surface area contributed by atoms with Crippen LogP contribution >= 0.6 is 11.6 Å². The number of nitrogens with one attached hydrogen (secondary N) is 2. The van der Waals surface area contributed by atoms with Gasteiger partial charge in [-0.25, -0.2) is 9.37 Å². The second-order valence-corrected chi connectivity index (χ2v) is 8.38. The Morgan fingerprint density at radius 2 is 2.00 bits per heavy atom. The lowest BCUT2D eigenvalue weighted by Crippen LogP contribution is -2.44. The lowest BCUT2D eigenvalue weighted by atomic mass is 9.95. The molecule has 1 aliphatic heterocycles. The lowest BCUT2D eigenvalue weighted by Gasteiger charge is -2.24. The summed E-state index contributed by atoms with van der Waals surface area (Å²) in [6.45, 7) is -0.565. The molecule has 154 valence electrons. The Morgan fingerprint density at radius 3 is 2.70 bits per heavy atom. The third-order valence-corrected chi connectivity index (χ3v) is 5.95. The Hall–Kier alpha value is -3.24. The molecule has 0 saturated carbocycles. The lowest BCUT2D eigenvalue weighted by molar-refractivity contribution is -0.115. The second kappa shape index (κ2) is 7.54. The second-order valence-electron chi connectivity index (χ2n) is 6.37. The summed E-state index contributed by atoms with van der Waals surface area (Å²) < 4.78 is 49.3. The molecule has 11 heteroatoms. The Labute approximate surface area is 175 Å². The number of hydrogen-bond donors (Lipinski definition) is 2. The van der Waals surface area contributed by atoms with E-state index >= 15 is 4.39 Å². The standard InChI is InChI=1S/C19H14ClFN4O4S/c20-13-6-7-14-15(10-13)30(27,28)25-16(24-14)17(26)23-11-19(21,18-22-8-9-29-18)12-4-2-1-3-5-12/h1-10H,11H2,(H,23,26)(H,24,25). The van der Waals surface area contributed by atoms with Crippen molar-refractivity contribution in [3.05, 3.63) is 77.5 Å². The number of nitrogens with zero attached hydrogens (tertiary/aromatic N) is 2. The summed E-state index contributed by atoms with van der Waals surface area (Å²) in [6, 6.07) is 12.1. The Kier molecular flexibility index (Phi) is 5.04. The van der Waals surface area contributed by atoms with Crippen LogP contribution in [0.25, 0.3) is 0 Å². The third kappa shape index (κ3) is 3.66. The van der Waals surface area contributed by atoms with Gasteiger partial charge in [-0.15, -0.1) is 4.40 Å². The molecule has 1 aromatic heterocycles. The predicted octanol–water partition coefficient (Wildman–Crippen LogP) is 2.87. The van der Waals surface area contributed by atoms with Crippen molar-refractivity contribution in [3.8, 4) is 0 Å². The molecule has 0 fully saturated rings. The highest BCUT2D eigenvalue weighted by Gasteiger charge is 2.40. The number of carbonyl (C=O) groups excluding carboxylic acids is 1. The molecule has 0 radical (unpaired) electrons. The first-order chi connectivity index (χ1) is 14.3. The molecule has 8 nitrogen and oxygen atoms in total. The zero-order valence-corrected chi connectivity index (χ0v) is 16.7. The number of benzene rings is 2. The number of hydrogen-bond acceptors (Lipinski definition) is 6. The van der Waals surface area contributed by atoms with Crippen LogP contribution in [0, 0.1) is 0 Å². The molecule has 0 bridgehead atoms. The summed E-state index contributed by atoms with van der Waals surface area (Å²) in [4.78, 5) is 16.3. The molecule has 30 heavy (non-hydrogen) atoms. The van der Waals surface area contributed by atoms with E-state index in [1.807, 2.05) is 0 Å². The number of amidine groups is 1. The normalized spacial score (nSPS) is 16.5. The summed E-state index contributed by atoms with van der Waals surface area (Å²) in [6.07, 6.45) is 2.51. The number of alkyl halides is 1. The van der Waals surface area contributed by atoms with E-state index in [0.29, 0.717) is 0 Å². The maximum absolute atomic E-state index is 15.9. The SMILES string of the molecule is O=C(NCC(F)(c1ccccc1)c1ncco1)C1=NS(=O)(=O)c2cc(Cl)ccc2N1. The maximum atomic E-state index is 15.9. The predicted molar refractivity (Wildman–Crippen MR) is 108 cm³/mol. The van der Waals surface area contributed by atoms with Crippen LogP contribution in [0.2, 0.25) is 5.02 Å². The fraction of sp³-hybridized carbons (Fsp3) is 0.105. The molecule has 1 amide bonds. The van der Waals surface area contributed by atoms with E-state index in [1.165, 1.54) is 42.8 Å². The number of amides is 1. The van der Waals surface area contributed by atoms with Gasteiger partial charge in [0.25, 0.3) is 15.9 Å². The average molecular weight is 449 g/mol. The Balaban J connectivity index is 1.60. The minimum atomic E-state index is -4.15. The van der Waals surface area contributed by atoms with Crippen LogP contribution in [0.1, 0.15) is 11.5 Å². The molecular formula is C19H14ClFN4O4S. The summed E-state index contributed by atoms with van der Waals surface area (Å²) in [5.41, 5.74) is -1.93. The van der Waals surface area contributed by atoms with Crippen molar-refractivity contribution in [1.29, 1.82) is 0 Å². The van der Waals surface area contributed by atoms with Crippen LogP contribution in [0.15, 0.2) is 74.7 Å². The van der Waals surface area contributed by atoms with Gasteiger partial charge in [0.2, 0.25) is 17.4 Å². The van der Waals surface area contributed by atoms with E-state index in [2.05, 4.69) is 20.0 Å². The van der Waals surface area contributed by atoms with E-state index in [0.717, 1.165) is 0 Å². The minimum absolute atomic E-state index is 0.141. The van der Waals surface area contributed by atoms with E-state index in [4.69, 9.17) is 16.0 Å². The molecule has 0 spiro atoms. The summed E-state index contributed by atoms with van der Waals surface area (Å²) in [5, 5.41) is 5.20. The van der Waals surface area contributed by atoms with Gasteiger partial charge in [0.05, 0.1) is 18.4 Å². The van der Waals surface area contributed by atoms with Crippen molar-refractivity contribution < 1.29 is 22.0 Å². The highest BCUT2D eigenvalue weighted by molar-refractivity contribution is 7.90. The van der Waals surface area contributed by atoms with Gasteiger partial charge < -0.3 is 15.1 Å². The summed E-state index contributed by atoms with van der Waals surface area (Å²) in [7, 11) is -4.15. The van der Waals surface area contributed by atoms with E-state index in [1.54, 1.807) is 18.2 Å². The largest absolute Gasteiger partial charge is 0.445 e. The van der Waals surface area contributed by atoms with Gasteiger partial charge in [-0.05, 0) is 18.2 Å². The molecular weight excluding hydrogens is 435 g/mol. The number of halogens is 2. The number of oxazole rings is 1. The number of rotatable bonds is 5. The molecule has 0 saturated heterocycles. The van der Waals surface area contributed by atoms with E-state index in [9.17, 15) is 13.2 Å². The van der Waals surface area contributed by atoms with Crippen LogP contribution in [0.5, 0.6) is 0 Å². The van der Waals surface area contributed by atoms with Gasteiger partial charge in [-0.1, -0.05) is 41.9 Å². The number of fused-ring (bicyclic) bond motifs is 1. The molecule has 2 aromatic carbocycles. The highest BCUT2D eigenvalue weighted by Crippen LogP contribution is 2.33. The Bertz CT molecular complexity index is 1230. The fourth-order valence-corrected chi connectivity index (χ4v) is 4.32. The Morgan fingerprint density at radius 1 is 1.23 bits per heavy atom. The van der Waals surface area contributed by atoms with Crippen LogP contribution < -0.4 is 10.6 Å². The van der Waals surface area contributed by atoms with Crippen molar-refractivity contribution in [2.75, 3.05) is 11.9 Å². The van der Waals surface area contributed by atoms with Crippen LogP contribution in [0.4, 0.5) is 10.1 Å². The van der Waals surface area contributed by atoms with Crippen molar-refractivity contribution in [1.82, 2.24) is 10.3 Å². The van der Waals surface area contributed by atoms with Gasteiger partial charge in [0.15, 0.2) is 0 Å². The highest BCUT2D eigenvalue weighted by atomic mass is 35.5. The van der Waals surface area contributed by atoms with E-state index < -0.39 is 34.0 Å². The minimum Gasteiger partial charge on any atom is -0.445 e. The molecule has 0 aliphatic carbocycles. The summed E-state index contributed by atoms with van der Waals surface area (Å²) >= 11 is 5.83. The van der Waals surface area contributed by atoms with E-state index in [-0.39, 0.29) is 27.1 Å². The van der Waals surface area contributed by atoms with Crippen LogP contribution in [-0.4, -0.2) is 31.7 Å². The van der Waals surface area contributed by atoms with Gasteiger partial charge in [-0.2, -0.15) is 8.42 Å². The zero-order valence-electron chi connectivity index (χ0n) is 15.2. The molecule has 2 N–H and O–H groups in total. The maximum Gasteiger partial charge on any atom is 0.288 e. The number of anilines is 1. The topological polar surface area (TPSA) is 114 Å². The van der Waals surface area contributed by atoms with Crippen molar-refractivity contribution in [3.63, 3.8) is 0 Å². The van der Waals surface area contributed by atoms with Crippen molar-refractivity contribution in [2.45, 2.75) is 10.6 Å². The quantitative estimate of drug-likeness (QED) is 0.620. The van der Waals surface area contributed by atoms with Gasteiger partial charge in [0, 0.05) is 10.6 Å². The summed E-state index contributed by atoms with van der Waals surface area (Å²) in [5.74, 6) is -1.66. The van der Waals surface area contributed by atoms with Gasteiger partial charge >= 0.3 is 0 Å². The molecule has 3 aromatic rings. The first-order valence-electron chi connectivity index (χ1n) is 8.64. The third-order valence-electron chi connectivity index (χ3n) is 4.40. The number of aromatic nitrogens is 1. The molecule has 4 rings (SSSR count). The first kappa shape index (κ1) is 20.0.